The van der Waals surface area contributed by atoms with Crippen molar-refractivity contribution in [3.63, 3.8) is 0 Å². The van der Waals surface area contributed by atoms with E-state index in [0.29, 0.717) is 11.1 Å². The molecule has 124 valence electrons. The van der Waals surface area contributed by atoms with Gasteiger partial charge in [-0.05, 0) is 31.0 Å². The van der Waals surface area contributed by atoms with Crippen molar-refractivity contribution in [3.8, 4) is 0 Å². The number of hydrogen-bond donors (Lipinski definition) is 2. The summed E-state index contributed by atoms with van der Waals surface area (Å²) in [6, 6.07) is 3.31. The zero-order valence-electron chi connectivity index (χ0n) is 12.5. The number of hydroxylamine groups is 2. The van der Waals surface area contributed by atoms with Gasteiger partial charge in [0.05, 0.1) is 16.6 Å². The Kier molecular flexibility index (Phi) is 4.14. The molecule has 1 fully saturated rings. The number of rotatable bonds is 1. The van der Waals surface area contributed by atoms with Crippen LogP contribution in [0.4, 0.5) is 13.2 Å². The molecule has 1 aliphatic carbocycles. The molecule has 0 spiro atoms. The zero-order chi connectivity index (χ0) is 16.6. The molecule has 0 atom stereocenters. The molecular formula is C16H18F3N3O. The first-order valence-corrected chi connectivity index (χ1v) is 7.70. The van der Waals surface area contributed by atoms with Crippen molar-refractivity contribution in [2.45, 2.75) is 38.3 Å². The Morgan fingerprint density at radius 2 is 1.87 bits per heavy atom. The van der Waals surface area contributed by atoms with Crippen LogP contribution in [0, 0.1) is 11.3 Å². The largest absolute Gasteiger partial charge is 0.416 e. The van der Waals surface area contributed by atoms with E-state index < -0.39 is 11.7 Å². The van der Waals surface area contributed by atoms with Gasteiger partial charge >= 0.3 is 6.18 Å². The summed E-state index contributed by atoms with van der Waals surface area (Å²) < 4.78 is 39.1. The third kappa shape index (κ3) is 3.24. The Morgan fingerprint density at radius 3 is 2.52 bits per heavy atom. The van der Waals surface area contributed by atoms with E-state index in [-0.39, 0.29) is 23.5 Å². The Morgan fingerprint density at radius 1 is 1.17 bits per heavy atom. The number of amidine groups is 1. The number of nitrogens with zero attached hydrogens (tertiary/aromatic N) is 2. The van der Waals surface area contributed by atoms with Gasteiger partial charge in [-0.2, -0.15) is 13.2 Å². The number of nitrogens with one attached hydrogen (secondary N) is 1. The van der Waals surface area contributed by atoms with E-state index >= 15 is 0 Å². The summed E-state index contributed by atoms with van der Waals surface area (Å²) in [7, 11) is 0. The van der Waals surface area contributed by atoms with Crippen molar-refractivity contribution in [3.05, 3.63) is 34.3 Å². The molecule has 2 N–H and O–H groups in total. The van der Waals surface area contributed by atoms with Crippen LogP contribution in [0.3, 0.4) is 0 Å². The number of halogens is 3. The number of hydrogen-bond acceptors (Lipinski definition) is 3. The SMILES string of the molecule is N=C1CN(O)C(C2CCCCC2)=c2cc(C(F)(F)F)ccc2=N1. The van der Waals surface area contributed by atoms with E-state index in [1.165, 1.54) is 6.07 Å². The highest BCUT2D eigenvalue weighted by atomic mass is 19.4. The molecule has 1 aromatic carbocycles. The van der Waals surface area contributed by atoms with Crippen LogP contribution in [-0.2, 0) is 6.18 Å². The number of benzene rings is 1. The predicted molar refractivity (Wildman–Crippen MR) is 78.4 cm³/mol. The topological polar surface area (TPSA) is 59.7 Å². The summed E-state index contributed by atoms with van der Waals surface area (Å²) >= 11 is 0. The molecule has 1 aliphatic heterocycles. The van der Waals surface area contributed by atoms with Gasteiger partial charge in [0.25, 0.3) is 0 Å². The van der Waals surface area contributed by atoms with E-state index in [1.54, 1.807) is 0 Å². The fourth-order valence-electron chi connectivity index (χ4n) is 3.37. The van der Waals surface area contributed by atoms with Crippen LogP contribution < -0.4 is 10.6 Å². The van der Waals surface area contributed by atoms with Gasteiger partial charge in [0.1, 0.15) is 12.4 Å². The van der Waals surface area contributed by atoms with Crippen molar-refractivity contribution >= 4 is 11.5 Å². The summed E-state index contributed by atoms with van der Waals surface area (Å²) in [5, 5.41) is 19.6. The van der Waals surface area contributed by atoms with Gasteiger partial charge in [-0.25, -0.2) is 4.99 Å². The third-order valence-electron chi connectivity index (χ3n) is 4.42. The summed E-state index contributed by atoms with van der Waals surface area (Å²) in [6.07, 6.45) is 0.290. The molecular weight excluding hydrogens is 307 g/mol. The first-order chi connectivity index (χ1) is 10.9. The minimum absolute atomic E-state index is 0.00270. The Labute approximate surface area is 131 Å². The van der Waals surface area contributed by atoms with Crippen molar-refractivity contribution in [2.24, 2.45) is 10.9 Å². The monoisotopic (exact) mass is 325 g/mol. The van der Waals surface area contributed by atoms with Crippen LogP contribution in [0.15, 0.2) is 23.2 Å². The maximum Gasteiger partial charge on any atom is 0.416 e. The first-order valence-electron chi connectivity index (χ1n) is 7.70. The molecule has 3 rings (SSSR count). The van der Waals surface area contributed by atoms with Gasteiger partial charge in [0.15, 0.2) is 0 Å². The molecule has 7 heteroatoms. The van der Waals surface area contributed by atoms with E-state index in [9.17, 15) is 18.4 Å². The van der Waals surface area contributed by atoms with Crippen LogP contribution in [-0.4, -0.2) is 22.7 Å². The second kappa shape index (κ2) is 5.96. The van der Waals surface area contributed by atoms with Crippen LogP contribution in [0.5, 0.6) is 0 Å². The van der Waals surface area contributed by atoms with Gasteiger partial charge in [-0.15, -0.1) is 0 Å². The van der Waals surface area contributed by atoms with Crippen LogP contribution in [0.2, 0.25) is 0 Å². The van der Waals surface area contributed by atoms with Gasteiger partial charge in [0.2, 0.25) is 0 Å². The van der Waals surface area contributed by atoms with Crippen LogP contribution in [0.25, 0.3) is 5.70 Å². The van der Waals surface area contributed by atoms with Crippen molar-refractivity contribution in [1.29, 1.82) is 5.41 Å². The van der Waals surface area contributed by atoms with Crippen molar-refractivity contribution < 1.29 is 18.4 Å². The van der Waals surface area contributed by atoms with Crippen molar-refractivity contribution in [1.82, 2.24) is 5.06 Å². The first kappa shape index (κ1) is 16.0. The molecule has 23 heavy (non-hydrogen) atoms. The van der Waals surface area contributed by atoms with E-state index in [4.69, 9.17) is 5.41 Å². The lowest BCUT2D eigenvalue weighted by Gasteiger charge is -2.29. The molecule has 0 aromatic heterocycles. The molecule has 0 amide bonds. The Balaban J connectivity index is 2.27. The zero-order valence-corrected chi connectivity index (χ0v) is 12.5. The Hall–Kier alpha value is -1.89. The molecule has 1 aromatic rings. The fourth-order valence-corrected chi connectivity index (χ4v) is 3.37. The fraction of sp³-hybridized carbons (Fsp3) is 0.500. The molecule has 0 bridgehead atoms. The molecule has 0 saturated heterocycles. The highest BCUT2D eigenvalue weighted by Crippen LogP contribution is 2.32. The lowest BCUT2D eigenvalue weighted by molar-refractivity contribution is -0.137. The summed E-state index contributed by atoms with van der Waals surface area (Å²) in [5.41, 5.74) is -0.293. The molecule has 0 radical (unpaired) electrons. The second-order valence-corrected chi connectivity index (χ2v) is 6.07. The van der Waals surface area contributed by atoms with Gasteiger partial charge < -0.3 is 0 Å². The average molecular weight is 325 g/mol. The van der Waals surface area contributed by atoms with Crippen LogP contribution in [0.1, 0.15) is 37.7 Å². The van der Waals surface area contributed by atoms with Gasteiger partial charge in [-0.1, -0.05) is 19.3 Å². The maximum absolute atomic E-state index is 13.0. The molecule has 2 aliphatic rings. The maximum atomic E-state index is 13.0. The van der Waals surface area contributed by atoms with Gasteiger partial charge in [-0.3, -0.25) is 15.7 Å². The Bertz CT molecular complexity index is 736. The average Bonchev–Trinajstić information content (AvgIpc) is 2.61. The minimum Gasteiger partial charge on any atom is -0.288 e. The third-order valence-corrected chi connectivity index (χ3v) is 4.42. The number of alkyl halides is 3. The lowest BCUT2D eigenvalue weighted by atomic mass is 9.85. The summed E-state index contributed by atoms with van der Waals surface area (Å²) in [4.78, 5) is 4.05. The smallest absolute Gasteiger partial charge is 0.288 e. The highest BCUT2D eigenvalue weighted by Gasteiger charge is 2.32. The van der Waals surface area contributed by atoms with E-state index in [1.807, 2.05) is 0 Å². The number of fused-ring (bicyclic) bond motifs is 1. The van der Waals surface area contributed by atoms with Crippen molar-refractivity contribution in [2.75, 3.05) is 6.54 Å². The highest BCUT2D eigenvalue weighted by molar-refractivity contribution is 5.83. The van der Waals surface area contributed by atoms with Crippen LogP contribution >= 0.6 is 0 Å². The normalized spacial score (nSPS) is 20.1. The second-order valence-electron chi connectivity index (χ2n) is 6.07. The summed E-state index contributed by atoms with van der Waals surface area (Å²) in [6.45, 7) is -0.109. The standard InChI is InChI=1S/C16H18F3N3O/c17-16(18,19)11-6-7-13-12(8-11)15(10-4-2-1-3-5-10)22(23)9-14(20)21-13/h6-8,10,20,23H,1-5,9H2. The minimum atomic E-state index is -4.45. The quantitative estimate of drug-likeness (QED) is 0.834. The van der Waals surface area contributed by atoms with E-state index in [2.05, 4.69) is 4.99 Å². The molecule has 4 nitrogen and oxygen atoms in total. The molecule has 1 heterocycles. The molecule has 1 saturated carbocycles. The van der Waals surface area contributed by atoms with Gasteiger partial charge in [0, 0.05) is 11.1 Å². The van der Waals surface area contributed by atoms with E-state index in [0.717, 1.165) is 49.3 Å². The predicted octanol–water partition coefficient (Wildman–Crippen LogP) is 2.70. The molecule has 0 unspecified atom stereocenters. The summed E-state index contributed by atoms with van der Waals surface area (Å²) in [5.74, 6) is -0.0728. The lowest BCUT2D eigenvalue weighted by Crippen LogP contribution is -2.36.